The van der Waals surface area contributed by atoms with Crippen molar-refractivity contribution in [1.29, 1.82) is 0 Å². The van der Waals surface area contributed by atoms with Gasteiger partial charge in [-0.05, 0) is 74.4 Å². The number of aliphatic hydroxyl groups is 1. The second-order valence-corrected chi connectivity index (χ2v) is 11.2. The fourth-order valence-electron chi connectivity index (χ4n) is 5.38. The number of aryl methyl sites for hydroxylation is 2. The van der Waals surface area contributed by atoms with Crippen LogP contribution in [0.3, 0.4) is 0 Å². The summed E-state index contributed by atoms with van der Waals surface area (Å²) in [6.45, 7) is 6.84. The molecule has 0 unspecified atom stereocenters. The van der Waals surface area contributed by atoms with Crippen LogP contribution < -0.4 is 5.69 Å². The van der Waals surface area contributed by atoms with Gasteiger partial charge in [-0.25, -0.2) is 9.59 Å². The fraction of sp³-hybridized carbons (Fsp3) is 0.484. The van der Waals surface area contributed by atoms with Gasteiger partial charge in [0.2, 0.25) is 0 Å². The number of nitrogens with zero attached hydrogens (tertiary/aromatic N) is 2. The van der Waals surface area contributed by atoms with E-state index in [1.54, 1.807) is 11.6 Å². The van der Waals surface area contributed by atoms with E-state index < -0.39 is 36.4 Å². The van der Waals surface area contributed by atoms with Crippen LogP contribution in [0.2, 0.25) is 0 Å². The monoisotopic (exact) mass is 599 g/mol. The first-order valence-corrected chi connectivity index (χ1v) is 14.3. The molecule has 1 saturated heterocycles. The number of hydrogen-bond acceptors (Lipinski definition) is 7. The number of hydrogen-bond donors (Lipinski definition) is 5. The molecule has 0 atom stereocenters. The zero-order valence-corrected chi connectivity index (χ0v) is 24.6. The number of carboxylic acids is 3. The van der Waals surface area contributed by atoms with Crippen molar-refractivity contribution in [1.82, 2.24) is 14.5 Å². The fourth-order valence-corrected chi connectivity index (χ4v) is 5.38. The summed E-state index contributed by atoms with van der Waals surface area (Å²) in [4.78, 5) is 47.8. The van der Waals surface area contributed by atoms with Crippen molar-refractivity contribution >= 4 is 28.9 Å². The van der Waals surface area contributed by atoms with Crippen LogP contribution in [-0.2, 0) is 39.1 Å². The highest BCUT2D eigenvalue weighted by molar-refractivity contribution is 5.88. The third kappa shape index (κ3) is 9.50. The first-order valence-electron chi connectivity index (χ1n) is 14.3. The van der Waals surface area contributed by atoms with Crippen molar-refractivity contribution in [2.75, 3.05) is 26.3 Å². The van der Waals surface area contributed by atoms with Crippen LogP contribution in [0, 0.1) is 5.41 Å². The Labute approximate surface area is 249 Å². The SMILES string of the molecule is CCOCC1(CCc2ccccc2)CCN(Cc2ccc3c(c2)[nH]c(=O)n3C)CC1.O=C(O)CC(O)(CC(=O)O)C(=O)O. The lowest BCUT2D eigenvalue weighted by atomic mass is 9.74. The Balaban J connectivity index is 0.000000331. The van der Waals surface area contributed by atoms with E-state index >= 15 is 0 Å². The van der Waals surface area contributed by atoms with Gasteiger partial charge in [-0.15, -0.1) is 0 Å². The second kappa shape index (κ2) is 14.9. The Morgan fingerprint density at radius 3 is 2.16 bits per heavy atom. The van der Waals surface area contributed by atoms with Crippen LogP contribution in [0.5, 0.6) is 0 Å². The van der Waals surface area contributed by atoms with Crippen molar-refractivity contribution in [3.63, 3.8) is 0 Å². The maximum absolute atomic E-state index is 11.8. The molecule has 5 N–H and O–H groups in total. The topological polar surface area (TPSA) is 182 Å². The van der Waals surface area contributed by atoms with Crippen LogP contribution in [0.25, 0.3) is 11.0 Å². The molecule has 0 bridgehead atoms. The van der Waals surface area contributed by atoms with Gasteiger partial charge in [-0.3, -0.25) is 19.1 Å². The molecule has 12 nitrogen and oxygen atoms in total. The van der Waals surface area contributed by atoms with E-state index in [4.69, 9.17) is 25.2 Å². The molecule has 43 heavy (non-hydrogen) atoms. The number of imidazole rings is 1. The normalized spacial score (nSPS) is 15.0. The molecule has 3 aromatic rings. The first kappa shape index (κ1) is 33.5. The van der Waals surface area contributed by atoms with Gasteiger partial charge >= 0.3 is 23.6 Å². The summed E-state index contributed by atoms with van der Waals surface area (Å²) in [5.41, 5.74) is 2.03. The van der Waals surface area contributed by atoms with E-state index in [9.17, 15) is 19.2 Å². The molecule has 2 aromatic carbocycles. The van der Waals surface area contributed by atoms with Gasteiger partial charge in [0, 0.05) is 20.2 Å². The molecule has 1 aromatic heterocycles. The summed E-state index contributed by atoms with van der Waals surface area (Å²) >= 11 is 0. The molecule has 234 valence electrons. The summed E-state index contributed by atoms with van der Waals surface area (Å²) in [5, 5.41) is 33.8. The number of aromatic nitrogens is 2. The number of aromatic amines is 1. The predicted octanol–water partition coefficient (Wildman–Crippen LogP) is 2.87. The van der Waals surface area contributed by atoms with Gasteiger partial charge in [0.15, 0.2) is 5.60 Å². The Kier molecular flexibility index (Phi) is 11.6. The van der Waals surface area contributed by atoms with E-state index in [2.05, 4.69) is 59.3 Å². The third-order valence-electron chi connectivity index (χ3n) is 7.98. The summed E-state index contributed by atoms with van der Waals surface area (Å²) in [6.07, 6.45) is 2.35. The quantitative estimate of drug-likeness (QED) is 0.196. The Bertz CT molecular complexity index is 1420. The molecule has 0 amide bonds. The van der Waals surface area contributed by atoms with Gasteiger partial charge in [-0.1, -0.05) is 36.4 Å². The Morgan fingerprint density at radius 2 is 1.60 bits per heavy atom. The number of fused-ring (bicyclic) bond motifs is 1. The van der Waals surface area contributed by atoms with Gasteiger partial charge < -0.3 is 30.1 Å². The highest BCUT2D eigenvalue weighted by Crippen LogP contribution is 2.37. The highest BCUT2D eigenvalue weighted by Gasteiger charge is 2.40. The number of H-pyrrole nitrogens is 1. The summed E-state index contributed by atoms with van der Waals surface area (Å²) < 4.78 is 7.59. The third-order valence-corrected chi connectivity index (χ3v) is 7.98. The molecule has 0 saturated carbocycles. The lowest BCUT2D eigenvalue weighted by Gasteiger charge is -2.42. The van der Waals surface area contributed by atoms with Crippen molar-refractivity contribution in [2.45, 2.75) is 57.6 Å². The van der Waals surface area contributed by atoms with Gasteiger partial charge in [0.25, 0.3) is 0 Å². The van der Waals surface area contributed by atoms with E-state index in [1.807, 2.05) is 6.07 Å². The molecule has 2 heterocycles. The number of carboxylic acid groups (broad SMARTS) is 3. The minimum absolute atomic E-state index is 0.0563. The highest BCUT2D eigenvalue weighted by atomic mass is 16.5. The van der Waals surface area contributed by atoms with E-state index in [0.29, 0.717) is 0 Å². The van der Waals surface area contributed by atoms with Crippen LogP contribution >= 0.6 is 0 Å². The number of aliphatic carboxylic acids is 3. The average Bonchev–Trinajstić information content (AvgIpc) is 3.24. The van der Waals surface area contributed by atoms with Gasteiger partial charge in [-0.2, -0.15) is 0 Å². The Hall–Kier alpha value is -4.00. The second-order valence-electron chi connectivity index (χ2n) is 11.2. The predicted molar refractivity (Wildman–Crippen MR) is 159 cm³/mol. The largest absolute Gasteiger partial charge is 0.481 e. The maximum atomic E-state index is 11.8. The smallest absolute Gasteiger partial charge is 0.336 e. The number of likely N-dealkylation sites (tertiary alicyclic amines) is 1. The number of rotatable bonds is 13. The minimum Gasteiger partial charge on any atom is -0.481 e. The minimum atomic E-state index is -2.74. The van der Waals surface area contributed by atoms with Crippen molar-refractivity contribution in [2.24, 2.45) is 12.5 Å². The van der Waals surface area contributed by atoms with Crippen LogP contribution in [0.1, 0.15) is 50.2 Å². The molecule has 12 heteroatoms. The van der Waals surface area contributed by atoms with E-state index in [-0.39, 0.29) is 11.1 Å². The van der Waals surface area contributed by atoms with E-state index in [0.717, 1.165) is 50.3 Å². The number of nitrogens with one attached hydrogen (secondary N) is 1. The zero-order chi connectivity index (χ0) is 31.6. The molecule has 0 aliphatic carbocycles. The number of benzene rings is 2. The number of ether oxygens (including phenoxy) is 1. The van der Waals surface area contributed by atoms with Gasteiger partial charge in [0.05, 0.1) is 30.5 Å². The molecular formula is C31H41N3O9. The lowest BCUT2D eigenvalue weighted by Crippen LogP contribution is -2.42. The van der Waals surface area contributed by atoms with Crippen LogP contribution in [0.4, 0.5) is 0 Å². The molecule has 4 rings (SSSR count). The van der Waals surface area contributed by atoms with Crippen molar-refractivity contribution in [3.8, 4) is 0 Å². The standard InChI is InChI=1S/C25H33N3O2.C6H8O7/c1-3-30-19-25(12-11-20-7-5-4-6-8-20)13-15-28(16-14-25)18-21-9-10-23-22(17-21)26-24(29)27(23)2;7-3(8)1-6(13,5(11)12)2-4(9)10/h4-10,17H,3,11-16,18-19H2,1-2H3,(H,26,29);13H,1-2H2,(H,7,8)(H,9,10)(H,11,12). The van der Waals surface area contributed by atoms with Crippen LogP contribution in [-0.4, -0.2) is 84.7 Å². The maximum Gasteiger partial charge on any atom is 0.336 e. The summed E-state index contributed by atoms with van der Waals surface area (Å²) in [5.74, 6) is -5.02. The lowest BCUT2D eigenvalue weighted by molar-refractivity contribution is -0.170. The zero-order valence-electron chi connectivity index (χ0n) is 24.6. The molecule has 0 spiro atoms. The summed E-state index contributed by atoms with van der Waals surface area (Å²) in [6, 6.07) is 17.1. The number of piperidine rings is 1. The number of carbonyl (C=O) groups is 3. The summed E-state index contributed by atoms with van der Waals surface area (Å²) in [7, 11) is 1.80. The van der Waals surface area contributed by atoms with Crippen molar-refractivity contribution < 1.29 is 39.5 Å². The molecule has 1 fully saturated rings. The van der Waals surface area contributed by atoms with Crippen molar-refractivity contribution in [3.05, 3.63) is 70.1 Å². The average molecular weight is 600 g/mol. The first-order chi connectivity index (χ1) is 20.4. The molecular weight excluding hydrogens is 558 g/mol. The Morgan fingerprint density at radius 1 is 0.977 bits per heavy atom. The van der Waals surface area contributed by atoms with Gasteiger partial charge in [0.1, 0.15) is 0 Å². The van der Waals surface area contributed by atoms with E-state index in [1.165, 1.54) is 30.4 Å². The van der Waals surface area contributed by atoms with Crippen LogP contribution in [0.15, 0.2) is 53.3 Å². The molecule has 1 aliphatic heterocycles. The molecule has 1 aliphatic rings. The molecule has 0 radical (unpaired) electrons.